The summed E-state index contributed by atoms with van der Waals surface area (Å²) in [7, 11) is 1.47. The molecule has 122 valence electrons. The van der Waals surface area contributed by atoms with Gasteiger partial charge in [-0.15, -0.1) is 0 Å². The van der Waals surface area contributed by atoms with E-state index in [1.807, 2.05) is 24.3 Å². The van der Waals surface area contributed by atoms with Gasteiger partial charge in [0, 0.05) is 0 Å². The number of carbonyl (C=O) groups is 1. The molecule has 0 fully saturated rings. The van der Waals surface area contributed by atoms with Crippen LogP contribution in [0.4, 0.5) is 0 Å². The van der Waals surface area contributed by atoms with Gasteiger partial charge in [0.2, 0.25) is 0 Å². The van der Waals surface area contributed by atoms with Gasteiger partial charge in [0.05, 0.1) is 30.7 Å². The van der Waals surface area contributed by atoms with Gasteiger partial charge in [-0.05, 0) is 35.9 Å². The Kier molecular flexibility index (Phi) is 4.42. The summed E-state index contributed by atoms with van der Waals surface area (Å²) in [6, 6.07) is 12.4. The average Bonchev–Trinajstić information content (AvgIpc) is 2.99. The summed E-state index contributed by atoms with van der Waals surface area (Å²) in [6.45, 7) is 0.122. The summed E-state index contributed by atoms with van der Waals surface area (Å²) in [5.74, 6) is 0.126. The molecular weight excluding hydrogens is 308 g/mol. The van der Waals surface area contributed by atoms with Crippen molar-refractivity contribution in [2.45, 2.75) is 6.54 Å². The molecule has 2 aromatic carbocycles. The van der Waals surface area contributed by atoms with Crippen molar-refractivity contribution in [2.24, 2.45) is 5.10 Å². The molecule has 0 saturated carbocycles. The molecule has 0 aliphatic rings. The Labute approximate surface area is 138 Å². The van der Waals surface area contributed by atoms with Crippen LogP contribution in [0.25, 0.3) is 11.0 Å². The number of fused-ring (bicyclic) bond motifs is 1. The Morgan fingerprint density at radius 3 is 3.04 bits per heavy atom. The number of aromatic nitrogens is 2. The van der Waals surface area contributed by atoms with Crippen molar-refractivity contribution in [3.8, 4) is 11.5 Å². The van der Waals surface area contributed by atoms with Crippen molar-refractivity contribution >= 4 is 23.2 Å². The van der Waals surface area contributed by atoms with Crippen molar-refractivity contribution < 1.29 is 14.6 Å². The van der Waals surface area contributed by atoms with Crippen LogP contribution < -0.4 is 10.2 Å². The number of ether oxygens (including phenoxy) is 1. The summed E-state index contributed by atoms with van der Waals surface area (Å²) in [5.41, 5.74) is 4.88. The second-order valence-electron chi connectivity index (χ2n) is 5.09. The molecule has 1 amide bonds. The third-order valence-corrected chi connectivity index (χ3v) is 3.45. The molecule has 24 heavy (non-hydrogen) atoms. The number of phenolic OH excluding ortho intramolecular Hbond substituents is 1. The number of methoxy groups -OCH3 is 1. The molecule has 0 aliphatic carbocycles. The van der Waals surface area contributed by atoms with Crippen LogP contribution in [0.2, 0.25) is 0 Å². The van der Waals surface area contributed by atoms with Gasteiger partial charge >= 0.3 is 0 Å². The van der Waals surface area contributed by atoms with Crippen LogP contribution in [-0.2, 0) is 11.3 Å². The predicted molar refractivity (Wildman–Crippen MR) is 90.1 cm³/mol. The molecule has 0 saturated heterocycles. The number of hydrazone groups is 1. The fourth-order valence-electron chi connectivity index (χ4n) is 2.28. The van der Waals surface area contributed by atoms with E-state index in [1.165, 1.54) is 19.4 Å². The lowest BCUT2D eigenvalue weighted by Crippen LogP contribution is -2.22. The van der Waals surface area contributed by atoms with E-state index >= 15 is 0 Å². The maximum atomic E-state index is 12.0. The topological polar surface area (TPSA) is 88.7 Å². The van der Waals surface area contributed by atoms with Gasteiger partial charge in [0.1, 0.15) is 6.54 Å². The number of phenols is 1. The summed E-state index contributed by atoms with van der Waals surface area (Å²) >= 11 is 0. The Bertz CT molecular complexity index is 902. The summed E-state index contributed by atoms with van der Waals surface area (Å²) in [5, 5.41) is 13.4. The quantitative estimate of drug-likeness (QED) is 0.554. The van der Waals surface area contributed by atoms with E-state index in [4.69, 9.17) is 4.74 Å². The maximum Gasteiger partial charge on any atom is 0.260 e. The molecule has 0 aliphatic heterocycles. The van der Waals surface area contributed by atoms with E-state index in [1.54, 1.807) is 23.0 Å². The van der Waals surface area contributed by atoms with Crippen LogP contribution in [0.5, 0.6) is 11.5 Å². The smallest absolute Gasteiger partial charge is 0.260 e. The van der Waals surface area contributed by atoms with Crippen LogP contribution in [0.15, 0.2) is 53.9 Å². The molecule has 3 aromatic rings. The zero-order valence-electron chi connectivity index (χ0n) is 13.0. The van der Waals surface area contributed by atoms with Gasteiger partial charge in [0.25, 0.3) is 5.91 Å². The molecule has 0 unspecified atom stereocenters. The van der Waals surface area contributed by atoms with Gasteiger partial charge in [-0.25, -0.2) is 10.4 Å². The minimum Gasteiger partial charge on any atom is -0.504 e. The van der Waals surface area contributed by atoms with Gasteiger partial charge in [0.15, 0.2) is 11.5 Å². The molecule has 2 N–H and O–H groups in total. The van der Waals surface area contributed by atoms with E-state index < -0.39 is 0 Å². The number of nitrogens with one attached hydrogen (secondary N) is 1. The number of hydrogen-bond donors (Lipinski definition) is 2. The van der Waals surface area contributed by atoms with Gasteiger partial charge in [-0.1, -0.05) is 12.1 Å². The summed E-state index contributed by atoms with van der Waals surface area (Å²) < 4.78 is 6.77. The number of imidazole rings is 1. The molecule has 7 nitrogen and oxygen atoms in total. The second kappa shape index (κ2) is 6.82. The van der Waals surface area contributed by atoms with E-state index in [2.05, 4.69) is 15.5 Å². The number of para-hydroxylation sites is 2. The lowest BCUT2D eigenvalue weighted by molar-refractivity contribution is -0.121. The van der Waals surface area contributed by atoms with E-state index in [-0.39, 0.29) is 18.2 Å². The highest BCUT2D eigenvalue weighted by Gasteiger charge is 2.06. The largest absolute Gasteiger partial charge is 0.504 e. The average molecular weight is 324 g/mol. The number of benzene rings is 2. The number of aromatic hydroxyl groups is 1. The highest BCUT2D eigenvalue weighted by atomic mass is 16.5. The number of hydrogen-bond acceptors (Lipinski definition) is 5. The molecule has 0 bridgehead atoms. The molecule has 0 spiro atoms. The Balaban J connectivity index is 1.63. The van der Waals surface area contributed by atoms with Crippen molar-refractivity contribution in [1.29, 1.82) is 0 Å². The zero-order chi connectivity index (χ0) is 16.9. The molecule has 0 atom stereocenters. The minimum atomic E-state index is -0.264. The third-order valence-electron chi connectivity index (χ3n) is 3.45. The van der Waals surface area contributed by atoms with Gasteiger partial charge < -0.3 is 14.4 Å². The molecule has 1 heterocycles. The molecule has 7 heteroatoms. The predicted octanol–water partition coefficient (Wildman–Crippen LogP) is 1.90. The van der Waals surface area contributed by atoms with Crippen LogP contribution >= 0.6 is 0 Å². The van der Waals surface area contributed by atoms with Crippen molar-refractivity contribution in [2.75, 3.05) is 7.11 Å². The minimum absolute atomic E-state index is 0.0469. The first-order valence-electron chi connectivity index (χ1n) is 7.26. The normalized spacial score (nSPS) is 11.0. The monoisotopic (exact) mass is 324 g/mol. The van der Waals surface area contributed by atoms with Gasteiger partial charge in [-0.2, -0.15) is 5.10 Å². The van der Waals surface area contributed by atoms with Crippen molar-refractivity contribution in [3.05, 3.63) is 54.4 Å². The number of rotatable bonds is 5. The van der Waals surface area contributed by atoms with Crippen LogP contribution in [0, 0.1) is 0 Å². The molecule has 3 rings (SSSR count). The highest BCUT2D eigenvalue weighted by Crippen LogP contribution is 2.25. The fraction of sp³-hybridized carbons (Fsp3) is 0.118. The first kappa shape index (κ1) is 15.5. The van der Waals surface area contributed by atoms with Crippen LogP contribution in [-0.4, -0.2) is 33.9 Å². The van der Waals surface area contributed by atoms with Crippen molar-refractivity contribution in [3.63, 3.8) is 0 Å². The lowest BCUT2D eigenvalue weighted by Gasteiger charge is -2.04. The highest BCUT2D eigenvalue weighted by molar-refractivity contribution is 5.84. The molecule has 0 radical (unpaired) electrons. The fourth-order valence-corrected chi connectivity index (χ4v) is 2.28. The summed E-state index contributed by atoms with van der Waals surface area (Å²) in [4.78, 5) is 16.2. The van der Waals surface area contributed by atoms with E-state index in [0.717, 1.165) is 11.0 Å². The lowest BCUT2D eigenvalue weighted by atomic mass is 10.2. The standard InChI is InChI=1S/C17H16N4O3/c1-24-16-8-12(6-7-15(16)22)9-19-20-17(23)10-21-11-18-13-4-2-3-5-14(13)21/h2-9,11,22H,10H2,1H3,(H,20,23). The summed E-state index contributed by atoms with van der Waals surface area (Å²) in [6.07, 6.45) is 3.10. The van der Waals surface area contributed by atoms with E-state index in [9.17, 15) is 9.90 Å². The van der Waals surface area contributed by atoms with Crippen molar-refractivity contribution in [1.82, 2.24) is 15.0 Å². The Hall–Kier alpha value is -3.35. The van der Waals surface area contributed by atoms with Crippen LogP contribution in [0.1, 0.15) is 5.56 Å². The van der Waals surface area contributed by atoms with Gasteiger partial charge in [-0.3, -0.25) is 4.79 Å². The van der Waals surface area contributed by atoms with Crippen LogP contribution in [0.3, 0.4) is 0 Å². The maximum absolute atomic E-state index is 12.0. The Morgan fingerprint density at radius 1 is 1.38 bits per heavy atom. The Morgan fingerprint density at radius 2 is 2.21 bits per heavy atom. The zero-order valence-corrected chi connectivity index (χ0v) is 13.0. The number of amides is 1. The third kappa shape index (κ3) is 3.35. The SMILES string of the molecule is COc1cc(C=NNC(=O)Cn2cnc3ccccc32)ccc1O. The van der Waals surface area contributed by atoms with E-state index in [0.29, 0.717) is 11.3 Å². The molecular formula is C17H16N4O3. The first-order valence-corrected chi connectivity index (χ1v) is 7.26. The molecule has 1 aromatic heterocycles. The second-order valence-corrected chi connectivity index (χ2v) is 5.09. The number of carbonyl (C=O) groups excluding carboxylic acids is 1. The first-order chi connectivity index (χ1) is 11.7. The number of nitrogens with zero attached hydrogens (tertiary/aromatic N) is 3.